The second-order valence-corrected chi connectivity index (χ2v) is 6.05. The van der Waals surface area contributed by atoms with Gasteiger partial charge in [-0.05, 0) is 24.6 Å². The average molecular weight is 327 g/mol. The van der Waals surface area contributed by atoms with E-state index >= 15 is 0 Å². The molecule has 0 saturated carbocycles. The zero-order valence-electron chi connectivity index (χ0n) is 12.6. The number of benzene rings is 2. The van der Waals surface area contributed by atoms with Gasteiger partial charge in [0.05, 0.1) is 10.7 Å². The van der Waals surface area contributed by atoms with Crippen LogP contribution in [0.2, 0.25) is 0 Å². The molecule has 0 amide bonds. The minimum atomic E-state index is -0.256. The number of halogens is 2. The number of nitrogens with zero attached hydrogens (tertiary/aromatic N) is 1. The highest BCUT2D eigenvalue weighted by atomic mass is 32.1. The number of rotatable bonds is 4. The molecule has 1 aromatic heterocycles. The van der Waals surface area contributed by atoms with E-state index in [4.69, 9.17) is 0 Å². The van der Waals surface area contributed by atoms with Crippen LogP contribution in [0.15, 0.2) is 60.0 Å². The quantitative estimate of drug-likeness (QED) is 0.584. The van der Waals surface area contributed by atoms with Gasteiger partial charge in [-0.2, -0.15) is 0 Å². The van der Waals surface area contributed by atoms with Crippen LogP contribution < -0.4 is 0 Å². The van der Waals surface area contributed by atoms with Crippen LogP contribution >= 0.6 is 11.3 Å². The third-order valence-corrected chi connectivity index (χ3v) is 4.39. The highest BCUT2D eigenvalue weighted by molar-refractivity contribution is 7.10. The molecule has 116 valence electrons. The Morgan fingerprint density at radius 2 is 2.00 bits per heavy atom. The van der Waals surface area contributed by atoms with Gasteiger partial charge in [-0.15, -0.1) is 11.3 Å². The second-order valence-electron chi connectivity index (χ2n) is 5.11. The van der Waals surface area contributed by atoms with Gasteiger partial charge in [-0.3, -0.25) is 0 Å². The molecule has 1 heterocycles. The first-order valence-electron chi connectivity index (χ1n) is 7.28. The first kappa shape index (κ1) is 15.6. The summed E-state index contributed by atoms with van der Waals surface area (Å²) in [4.78, 5) is 4.55. The SMILES string of the molecule is C/C=C(\F)c1cccc(-c2csc(Cc3ccccc3F)n2)c1. The van der Waals surface area contributed by atoms with Crippen molar-refractivity contribution in [2.75, 3.05) is 0 Å². The number of hydrogen-bond acceptors (Lipinski definition) is 2. The Hall–Kier alpha value is -2.33. The lowest BCUT2D eigenvalue weighted by atomic mass is 10.1. The molecule has 23 heavy (non-hydrogen) atoms. The van der Waals surface area contributed by atoms with Gasteiger partial charge in [0.1, 0.15) is 11.6 Å². The standard InChI is InChI=1S/C19H15F2NS/c1-2-16(20)13-7-5-8-15(10-13)18-12-23-19(22-18)11-14-6-3-4-9-17(14)21/h2-10,12H,11H2,1H3/b16-2-. The van der Waals surface area contributed by atoms with Crippen molar-refractivity contribution in [1.29, 1.82) is 0 Å². The van der Waals surface area contributed by atoms with E-state index in [0.29, 0.717) is 17.5 Å². The van der Waals surface area contributed by atoms with E-state index in [9.17, 15) is 8.78 Å². The Morgan fingerprint density at radius 3 is 2.78 bits per heavy atom. The molecule has 0 bridgehead atoms. The van der Waals surface area contributed by atoms with Crippen molar-refractivity contribution < 1.29 is 8.78 Å². The molecule has 0 unspecified atom stereocenters. The molecule has 0 spiro atoms. The summed E-state index contributed by atoms with van der Waals surface area (Å²) in [6.07, 6.45) is 1.89. The summed E-state index contributed by atoms with van der Waals surface area (Å²) in [5, 5.41) is 2.75. The van der Waals surface area contributed by atoms with Gasteiger partial charge in [-0.25, -0.2) is 13.8 Å². The fourth-order valence-corrected chi connectivity index (χ4v) is 3.15. The third-order valence-electron chi connectivity index (χ3n) is 3.54. The highest BCUT2D eigenvalue weighted by Gasteiger charge is 2.09. The van der Waals surface area contributed by atoms with Crippen molar-refractivity contribution in [1.82, 2.24) is 4.98 Å². The summed E-state index contributed by atoms with van der Waals surface area (Å²) in [6, 6.07) is 13.9. The molecule has 0 aliphatic carbocycles. The second kappa shape index (κ2) is 6.84. The zero-order valence-corrected chi connectivity index (χ0v) is 13.4. The van der Waals surface area contributed by atoms with E-state index in [1.54, 1.807) is 31.2 Å². The van der Waals surface area contributed by atoms with Crippen LogP contribution in [0.1, 0.15) is 23.1 Å². The molecule has 3 aromatic rings. The molecule has 0 fully saturated rings. The molecule has 2 aromatic carbocycles. The Kier molecular flexibility index (Phi) is 4.63. The van der Waals surface area contributed by atoms with Crippen LogP contribution in [0, 0.1) is 5.82 Å². The maximum Gasteiger partial charge on any atom is 0.126 e. The molecule has 0 aliphatic heterocycles. The molecule has 1 nitrogen and oxygen atoms in total. The van der Waals surface area contributed by atoms with Crippen LogP contribution in [0.5, 0.6) is 0 Å². The molecule has 4 heteroatoms. The predicted molar refractivity (Wildman–Crippen MR) is 91.5 cm³/mol. The summed E-state index contributed by atoms with van der Waals surface area (Å²) < 4.78 is 27.4. The summed E-state index contributed by atoms with van der Waals surface area (Å²) in [6.45, 7) is 1.66. The summed E-state index contributed by atoms with van der Waals surface area (Å²) >= 11 is 1.48. The lowest BCUT2D eigenvalue weighted by Gasteiger charge is -2.01. The van der Waals surface area contributed by atoms with E-state index in [0.717, 1.165) is 16.3 Å². The minimum Gasteiger partial charge on any atom is -0.241 e. The maximum absolute atomic E-state index is 13.7. The van der Waals surface area contributed by atoms with Gasteiger partial charge in [0.2, 0.25) is 0 Å². The zero-order chi connectivity index (χ0) is 16.2. The van der Waals surface area contributed by atoms with Crippen molar-refractivity contribution in [3.8, 4) is 11.3 Å². The van der Waals surface area contributed by atoms with E-state index in [-0.39, 0.29) is 11.6 Å². The van der Waals surface area contributed by atoms with Gasteiger partial charge in [0, 0.05) is 22.9 Å². The first-order chi connectivity index (χ1) is 11.2. The maximum atomic E-state index is 13.7. The minimum absolute atomic E-state index is 0.221. The summed E-state index contributed by atoms with van der Waals surface area (Å²) in [5.74, 6) is -0.477. The number of thiazole rings is 1. The van der Waals surface area contributed by atoms with Crippen LogP contribution in [0.4, 0.5) is 8.78 Å². The van der Waals surface area contributed by atoms with Gasteiger partial charge in [0.25, 0.3) is 0 Å². The fourth-order valence-electron chi connectivity index (χ4n) is 2.32. The third kappa shape index (κ3) is 3.54. The van der Waals surface area contributed by atoms with E-state index in [2.05, 4.69) is 4.98 Å². The Morgan fingerprint density at radius 1 is 1.17 bits per heavy atom. The van der Waals surface area contributed by atoms with Gasteiger partial charge in [-0.1, -0.05) is 42.5 Å². The highest BCUT2D eigenvalue weighted by Crippen LogP contribution is 2.27. The van der Waals surface area contributed by atoms with Crippen molar-refractivity contribution in [2.45, 2.75) is 13.3 Å². The normalized spacial score (nSPS) is 11.7. The molecule has 3 rings (SSSR count). The fraction of sp³-hybridized carbons (Fsp3) is 0.105. The van der Waals surface area contributed by atoms with Gasteiger partial charge >= 0.3 is 0 Å². The molecular formula is C19H15F2NS. The number of allylic oxidation sites excluding steroid dienone is 1. The molecule has 0 aliphatic rings. The molecule has 0 atom stereocenters. The summed E-state index contributed by atoms with van der Waals surface area (Å²) in [5.41, 5.74) is 2.80. The van der Waals surface area contributed by atoms with Crippen LogP contribution in [-0.4, -0.2) is 4.98 Å². The number of aromatic nitrogens is 1. The molecule has 0 saturated heterocycles. The van der Waals surface area contributed by atoms with Crippen LogP contribution in [-0.2, 0) is 6.42 Å². The van der Waals surface area contributed by atoms with Crippen molar-refractivity contribution >= 4 is 17.2 Å². The summed E-state index contributed by atoms with van der Waals surface area (Å²) in [7, 11) is 0. The largest absolute Gasteiger partial charge is 0.241 e. The lowest BCUT2D eigenvalue weighted by Crippen LogP contribution is -1.91. The monoisotopic (exact) mass is 327 g/mol. The van der Waals surface area contributed by atoms with Crippen molar-refractivity contribution in [3.05, 3.63) is 81.9 Å². The van der Waals surface area contributed by atoms with Gasteiger partial charge in [0.15, 0.2) is 0 Å². The smallest absolute Gasteiger partial charge is 0.126 e. The van der Waals surface area contributed by atoms with Gasteiger partial charge < -0.3 is 0 Å². The average Bonchev–Trinajstić information content (AvgIpc) is 3.05. The molecule has 0 N–H and O–H groups in total. The van der Waals surface area contributed by atoms with Crippen LogP contribution in [0.3, 0.4) is 0 Å². The Labute approximate surface area is 138 Å². The Balaban J connectivity index is 1.86. The van der Waals surface area contributed by atoms with E-state index in [1.165, 1.54) is 23.5 Å². The molecular weight excluding hydrogens is 312 g/mol. The van der Waals surface area contributed by atoms with E-state index in [1.807, 2.05) is 23.6 Å². The lowest BCUT2D eigenvalue weighted by molar-refractivity contribution is 0.614. The Bertz CT molecular complexity index is 852. The first-order valence-corrected chi connectivity index (χ1v) is 8.16. The predicted octanol–water partition coefficient (Wildman–Crippen LogP) is 5.87. The number of hydrogen-bond donors (Lipinski definition) is 0. The topological polar surface area (TPSA) is 12.9 Å². The molecule has 0 radical (unpaired) electrons. The van der Waals surface area contributed by atoms with Crippen LogP contribution in [0.25, 0.3) is 17.1 Å². The van der Waals surface area contributed by atoms with Crippen molar-refractivity contribution in [3.63, 3.8) is 0 Å². The van der Waals surface area contributed by atoms with Crippen molar-refractivity contribution in [2.24, 2.45) is 0 Å². The van der Waals surface area contributed by atoms with E-state index < -0.39 is 0 Å².